The van der Waals surface area contributed by atoms with Crippen LogP contribution in [0, 0.1) is 11.6 Å². The number of nitrogens with one attached hydrogen (secondary N) is 1. The van der Waals surface area contributed by atoms with Gasteiger partial charge in [-0.3, -0.25) is 9.67 Å². The maximum Gasteiger partial charge on any atom is 0.152 e. The molecular weight excluding hydrogens is 286 g/mol. The van der Waals surface area contributed by atoms with Gasteiger partial charge in [-0.25, -0.2) is 8.78 Å². The zero-order chi connectivity index (χ0) is 15.5. The van der Waals surface area contributed by atoms with E-state index in [9.17, 15) is 8.78 Å². The zero-order valence-electron chi connectivity index (χ0n) is 12.2. The number of halogens is 2. The summed E-state index contributed by atoms with van der Waals surface area (Å²) in [4.78, 5) is 3.97. The number of hydrogen-bond donors (Lipinski definition) is 1. The number of pyridine rings is 1. The first kappa shape index (κ1) is 14.4. The summed E-state index contributed by atoms with van der Waals surface area (Å²) in [6.07, 6.45) is 7.13. The summed E-state index contributed by atoms with van der Waals surface area (Å²) in [6.45, 7) is 0.701. The van der Waals surface area contributed by atoms with Crippen molar-refractivity contribution in [3.8, 4) is 0 Å². The molecular formula is C16H16F2N4. The van der Waals surface area contributed by atoms with Crippen molar-refractivity contribution in [2.75, 3.05) is 11.9 Å². The van der Waals surface area contributed by atoms with Crippen molar-refractivity contribution in [2.24, 2.45) is 7.05 Å². The van der Waals surface area contributed by atoms with Crippen molar-refractivity contribution in [3.05, 3.63) is 54.0 Å². The Balaban J connectivity index is 1.69. The predicted molar refractivity (Wildman–Crippen MR) is 81.7 cm³/mol. The third kappa shape index (κ3) is 3.05. The molecule has 114 valence electrons. The van der Waals surface area contributed by atoms with Crippen LogP contribution in [0.25, 0.3) is 10.9 Å². The van der Waals surface area contributed by atoms with Gasteiger partial charge in [0.1, 0.15) is 11.3 Å². The number of anilines is 1. The molecule has 2 heterocycles. The van der Waals surface area contributed by atoms with E-state index in [0.29, 0.717) is 17.6 Å². The molecule has 0 unspecified atom stereocenters. The van der Waals surface area contributed by atoms with Crippen LogP contribution < -0.4 is 5.32 Å². The molecule has 0 amide bonds. The van der Waals surface area contributed by atoms with Crippen LogP contribution in [0.2, 0.25) is 0 Å². The van der Waals surface area contributed by atoms with Gasteiger partial charge in [-0.1, -0.05) is 0 Å². The second-order valence-corrected chi connectivity index (χ2v) is 5.19. The van der Waals surface area contributed by atoms with Gasteiger partial charge in [-0.15, -0.1) is 0 Å². The first-order chi connectivity index (χ1) is 10.6. The second kappa shape index (κ2) is 6.09. The SMILES string of the molecule is Cn1cc(CCCNc2ccnc3c(F)cc(F)cc23)cn1. The highest BCUT2D eigenvalue weighted by Crippen LogP contribution is 2.24. The van der Waals surface area contributed by atoms with E-state index in [0.717, 1.165) is 18.9 Å². The minimum Gasteiger partial charge on any atom is -0.384 e. The maximum absolute atomic E-state index is 13.7. The summed E-state index contributed by atoms with van der Waals surface area (Å²) >= 11 is 0. The second-order valence-electron chi connectivity index (χ2n) is 5.19. The highest BCUT2D eigenvalue weighted by atomic mass is 19.1. The number of nitrogens with zero attached hydrogens (tertiary/aromatic N) is 3. The molecule has 6 heteroatoms. The number of fused-ring (bicyclic) bond motifs is 1. The van der Waals surface area contributed by atoms with Crippen molar-refractivity contribution < 1.29 is 8.78 Å². The molecule has 0 spiro atoms. The largest absolute Gasteiger partial charge is 0.384 e. The van der Waals surface area contributed by atoms with Crippen LogP contribution in [0.4, 0.5) is 14.5 Å². The molecule has 0 bridgehead atoms. The van der Waals surface area contributed by atoms with Gasteiger partial charge in [0.05, 0.1) is 6.20 Å². The normalized spacial score (nSPS) is 11.0. The lowest BCUT2D eigenvalue weighted by molar-refractivity contribution is 0.590. The molecule has 0 aliphatic heterocycles. The zero-order valence-corrected chi connectivity index (χ0v) is 12.2. The molecule has 0 fully saturated rings. The molecule has 3 aromatic rings. The Labute approximate surface area is 126 Å². The molecule has 4 nitrogen and oxygen atoms in total. The van der Waals surface area contributed by atoms with Crippen LogP contribution >= 0.6 is 0 Å². The van der Waals surface area contributed by atoms with Crippen molar-refractivity contribution in [1.82, 2.24) is 14.8 Å². The summed E-state index contributed by atoms with van der Waals surface area (Å²) in [5.41, 5.74) is 2.04. The molecule has 0 aliphatic rings. The monoisotopic (exact) mass is 302 g/mol. The standard InChI is InChI=1S/C16H16F2N4/c1-22-10-11(9-21-22)3-2-5-19-15-4-6-20-16-13(15)7-12(17)8-14(16)18/h4,6-10H,2-3,5H2,1H3,(H,19,20). The molecule has 3 rings (SSSR count). The Morgan fingerprint density at radius 1 is 1.27 bits per heavy atom. The van der Waals surface area contributed by atoms with E-state index >= 15 is 0 Å². The van der Waals surface area contributed by atoms with E-state index in [4.69, 9.17) is 0 Å². The van der Waals surface area contributed by atoms with Crippen LogP contribution in [0.3, 0.4) is 0 Å². The molecule has 1 N–H and O–H groups in total. The van der Waals surface area contributed by atoms with Gasteiger partial charge in [-0.05, 0) is 30.5 Å². The fraction of sp³-hybridized carbons (Fsp3) is 0.250. The number of rotatable bonds is 5. The Morgan fingerprint density at radius 3 is 2.91 bits per heavy atom. The fourth-order valence-electron chi connectivity index (χ4n) is 2.45. The van der Waals surface area contributed by atoms with E-state index in [1.807, 2.05) is 19.4 Å². The van der Waals surface area contributed by atoms with Crippen LogP contribution in [-0.2, 0) is 13.5 Å². The van der Waals surface area contributed by atoms with Crippen molar-refractivity contribution in [3.63, 3.8) is 0 Å². The van der Waals surface area contributed by atoms with E-state index in [1.165, 1.54) is 17.8 Å². The van der Waals surface area contributed by atoms with Gasteiger partial charge in [0.25, 0.3) is 0 Å². The first-order valence-electron chi connectivity index (χ1n) is 7.08. The van der Waals surface area contributed by atoms with Crippen molar-refractivity contribution >= 4 is 16.6 Å². The van der Waals surface area contributed by atoms with Gasteiger partial charge in [0, 0.05) is 43.1 Å². The number of benzene rings is 1. The topological polar surface area (TPSA) is 42.7 Å². The van der Waals surface area contributed by atoms with E-state index in [1.54, 1.807) is 10.7 Å². The molecule has 1 aromatic carbocycles. The third-order valence-corrected chi connectivity index (χ3v) is 3.48. The van der Waals surface area contributed by atoms with Crippen molar-refractivity contribution in [1.29, 1.82) is 0 Å². The fourth-order valence-corrected chi connectivity index (χ4v) is 2.45. The average molecular weight is 302 g/mol. The molecule has 0 aliphatic carbocycles. The van der Waals surface area contributed by atoms with E-state index < -0.39 is 11.6 Å². The maximum atomic E-state index is 13.7. The third-order valence-electron chi connectivity index (χ3n) is 3.48. The Kier molecular flexibility index (Phi) is 4.00. The number of aryl methyl sites for hydroxylation is 2. The molecule has 0 saturated heterocycles. The van der Waals surface area contributed by atoms with Crippen molar-refractivity contribution in [2.45, 2.75) is 12.8 Å². The lowest BCUT2D eigenvalue weighted by Gasteiger charge is -2.09. The quantitative estimate of drug-likeness (QED) is 0.735. The number of hydrogen-bond acceptors (Lipinski definition) is 3. The highest BCUT2D eigenvalue weighted by molar-refractivity contribution is 5.91. The average Bonchev–Trinajstić information content (AvgIpc) is 2.89. The summed E-state index contributed by atoms with van der Waals surface area (Å²) < 4.78 is 28.9. The summed E-state index contributed by atoms with van der Waals surface area (Å²) in [6, 6.07) is 3.88. The molecule has 0 atom stereocenters. The Bertz CT molecular complexity index is 798. The molecule has 2 aromatic heterocycles. The van der Waals surface area contributed by atoms with E-state index in [2.05, 4.69) is 15.4 Å². The summed E-state index contributed by atoms with van der Waals surface area (Å²) in [5, 5.41) is 7.80. The Hall–Kier alpha value is -2.50. The molecule has 0 radical (unpaired) electrons. The lowest BCUT2D eigenvalue weighted by Crippen LogP contribution is -2.04. The van der Waals surface area contributed by atoms with Gasteiger partial charge < -0.3 is 5.32 Å². The van der Waals surface area contributed by atoms with Crippen LogP contribution in [0.5, 0.6) is 0 Å². The molecule has 0 saturated carbocycles. The van der Waals surface area contributed by atoms with Crippen LogP contribution in [0.15, 0.2) is 36.8 Å². The van der Waals surface area contributed by atoms with E-state index in [-0.39, 0.29) is 5.52 Å². The van der Waals surface area contributed by atoms with Crippen LogP contribution in [-0.4, -0.2) is 21.3 Å². The van der Waals surface area contributed by atoms with Gasteiger partial charge >= 0.3 is 0 Å². The smallest absolute Gasteiger partial charge is 0.152 e. The minimum absolute atomic E-state index is 0.179. The highest BCUT2D eigenvalue weighted by Gasteiger charge is 2.08. The van der Waals surface area contributed by atoms with Gasteiger partial charge in [-0.2, -0.15) is 5.10 Å². The minimum atomic E-state index is -0.644. The summed E-state index contributed by atoms with van der Waals surface area (Å²) in [7, 11) is 1.88. The predicted octanol–water partition coefficient (Wildman–Crippen LogP) is 3.29. The number of aromatic nitrogens is 3. The summed E-state index contributed by atoms with van der Waals surface area (Å²) in [5.74, 6) is -1.24. The Morgan fingerprint density at radius 2 is 2.14 bits per heavy atom. The molecule has 22 heavy (non-hydrogen) atoms. The first-order valence-corrected chi connectivity index (χ1v) is 7.08. The van der Waals surface area contributed by atoms with Gasteiger partial charge in [0.2, 0.25) is 0 Å². The lowest BCUT2D eigenvalue weighted by atomic mass is 10.1. The van der Waals surface area contributed by atoms with Gasteiger partial charge in [0.15, 0.2) is 5.82 Å². The van der Waals surface area contributed by atoms with Crippen LogP contribution in [0.1, 0.15) is 12.0 Å².